The standard InChI is InChI=1S/C9H11N3O/c10-12-9(13)7-4-5-11-8-3-1-2-6(7)8/h4-5H,1-3,10H2,(H,12,13). The van der Waals surface area contributed by atoms with Crippen LogP contribution in [0.25, 0.3) is 0 Å². The van der Waals surface area contributed by atoms with Gasteiger partial charge in [-0.1, -0.05) is 0 Å². The number of nitrogens with one attached hydrogen (secondary N) is 1. The Morgan fingerprint density at radius 2 is 2.38 bits per heavy atom. The Kier molecular flexibility index (Phi) is 1.98. The summed E-state index contributed by atoms with van der Waals surface area (Å²) in [5, 5.41) is 0. The van der Waals surface area contributed by atoms with Crippen molar-refractivity contribution in [2.75, 3.05) is 0 Å². The molecule has 0 spiro atoms. The minimum Gasteiger partial charge on any atom is -0.290 e. The van der Waals surface area contributed by atoms with Crippen LogP contribution in [0.5, 0.6) is 0 Å². The Morgan fingerprint density at radius 3 is 3.15 bits per heavy atom. The Balaban J connectivity index is 2.47. The number of pyridine rings is 1. The van der Waals surface area contributed by atoms with E-state index in [9.17, 15) is 4.79 Å². The topological polar surface area (TPSA) is 68.0 Å². The van der Waals surface area contributed by atoms with Crippen LogP contribution in [0.15, 0.2) is 12.3 Å². The highest BCUT2D eigenvalue weighted by molar-refractivity contribution is 5.95. The maximum absolute atomic E-state index is 11.3. The minimum absolute atomic E-state index is 0.222. The Morgan fingerprint density at radius 1 is 1.54 bits per heavy atom. The van der Waals surface area contributed by atoms with Gasteiger partial charge in [-0.2, -0.15) is 0 Å². The normalized spacial score (nSPS) is 13.9. The number of carbonyl (C=O) groups is 1. The molecule has 1 amide bonds. The van der Waals surface area contributed by atoms with E-state index in [1.165, 1.54) is 0 Å². The van der Waals surface area contributed by atoms with E-state index in [0.717, 1.165) is 30.5 Å². The lowest BCUT2D eigenvalue weighted by Gasteiger charge is -2.04. The van der Waals surface area contributed by atoms with E-state index in [1.54, 1.807) is 12.3 Å². The first-order chi connectivity index (χ1) is 6.33. The van der Waals surface area contributed by atoms with Crippen molar-refractivity contribution in [1.29, 1.82) is 0 Å². The zero-order valence-electron chi connectivity index (χ0n) is 7.21. The molecule has 68 valence electrons. The average molecular weight is 177 g/mol. The highest BCUT2D eigenvalue weighted by Gasteiger charge is 2.18. The number of nitrogen functional groups attached to an aromatic ring is 1. The SMILES string of the molecule is NNC(=O)c1ccnc2c1CCC2. The average Bonchev–Trinajstić information content (AvgIpc) is 2.63. The number of rotatable bonds is 1. The summed E-state index contributed by atoms with van der Waals surface area (Å²) in [6.07, 6.45) is 4.65. The van der Waals surface area contributed by atoms with Gasteiger partial charge in [-0.25, -0.2) is 5.84 Å². The third-order valence-electron chi connectivity index (χ3n) is 2.36. The van der Waals surface area contributed by atoms with Gasteiger partial charge in [0, 0.05) is 17.5 Å². The van der Waals surface area contributed by atoms with Crippen LogP contribution < -0.4 is 11.3 Å². The second-order valence-corrected chi connectivity index (χ2v) is 3.11. The Bertz CT molecular complexity index is 349. The van der Waals surface area contributed by atoms with Crippen molar-refractivity contribution in [2.24, 2.45) is 5.84 Å². The predicted octanol–water partition coefficient (Wildman–Crippen LogP) is 0.174. The van der Waals surface area contributed by atoms with Crippen molar-refractivity contribution in [3.05, 3.63) is 29.1 Å². The lowest BCUT2D eigenvalue weighted by Crippen LogP contribution is -2.30. The smallest absolute Gasteiger partial charge is 0.265 e. The molecule has 0 saturated carbocycles. The van der Waals surface area contributed by atoms with E-state index in [2.05, 4.69) is 10.4 Å². The van der Waals surface area contributed by atoms with Crippen LogP contribution in [0.2, 0.25) is 0 Å². The first-order valence-electron chi connectivity index (χ1n) is 4.30. The Hall–Kier alpha value is -1.42. The van der Waals surface area contributed by atoms with Gasteiger partial charge < -0.3 is 0 Å². The molecule has 3 N–H and O–H groups in total. The minimum atomic E-state index is -0.222. The van der Waals surface area contributed by atoms with Crippen molar-refractivity contribution < 1.29 is 4.79 Å². The van der Waals surface area contributed by atoms with Crippen molar-refractivity contribution >= 4 is 5.91 Å². The molecule has 2 rings (SSSR count). The molecule has 4 nitrogen and oxygen atoms in total. The van der Waals surface area contributed by atoms with Crippen molar-refractivity contribution in [3.8, 4) is 0 Å². The summed E-state index contributed by atoms with van der Waals surface area (Å²) in [6.45, 7) is 0. The van der Waals surface area contributed by atoms with E-state index in [0.29, 0.717) is 5.56 Å². The molecule has 1 aliphatic carbocycles. The Labute approximate surface area is 76.1 Å². The molecule has 4 heteroatoms. The fourth-order valence-electron chi connectivity index (χ4n) is 1.75. The summed E-state index contributed by atoms with van der Waals surface area (Å²) in [5.41, 5.74) is 4.92. The molecule has 1 heterocycles. The van der Waals surface area contributed by atoms with Gasteiger partial charge in [0.1, 0.15) is 0 Å². The number of hydrogen-bond donors (Lipinski definition) is 2. The van der Waals surface area contributed by atoms with Crippen LogP contribution in [0.4, 0.5) is 0 Å². The molecule has 0 aliphatic heterocycles. The van der Waals surface area contributed by atoms with Gasteiger partial charge in [-0.3, -0.25) is 15.2 Å². The molecule has 1 aliphatic rings. The monoisotopic (exact) mass is 177 g/mol. The molecule has 0 aromatic carbocycles. The number of aryl methyl sites for hydroxylation is 1. The maximum atomic E-state index is 11.3. The number of hydrogen-bond acceptors (Lipinski definition) is 3. The molecule has 0 saturated heterocycles. The summed E-state index contributed by atoms with van der Waals surface area (Å²) < 4.78 is 0. The molecule has 0 radical (unpaired) electrons. The van der Waals surface area contributed by atoms with E-state index in [1.807, 2.05) is 0 Å². The van der Waals surface area contributed by atoms with Gasteiger partial charge in [-0.05, 0) is 30.9 Å². The van der Waals surface area contributed by atoms with Gasteiger partial charge >= 0.3 is 0 Å². The third kappa shape index (κ3) is 1.29. The molecule has 1 aromatic rings. The fraction of sp³-hybridized carbons (Fsp3) is 0.333. The van der Waals surface area contributed by atoms with Gasteiger partial charge in [0.2, 0.25) is 0 Å². The van der Waals surface area contributed by atoms with E-state index < -0.39 is 0 Å². The van der Waals surface area contributed by atoms with Crippen molar-refractivity contribution in [3.63, 3.8) is 0 Å². The molecular weight excluding hydrogens is 166 g/mol. The van der Waals surface area contributed by atoms with Gasteiger partial charge in [0.25, 0.3) is 5.91 Å². The van der Waals surface area contributed by atoms with Gasteiger partial charge in [-0.15, -0.1) is 0 Å². The second kappa shape index (κ2) is 3.14. The summed E-state index contributed by atoms with van der Waals surface area (Å²) in [5.74, 6) is 4.86. The van der Waals surface area contributed by atoms with Crippen molar-refractivity contribution in [2.45, 2.75) is 19.3 Å². The molecule has 13 heavy (non-hydrogen) atoms. The van der Waals surface area contributed by atoms with Crippen LogP contribution in [-0.4, -0.2) is 10.9 Å². The molecular formula is C9H11N3O. The number of amides is 1. The molecule has 1 aromatic heterocycles. The largest absolute Gasteiger partial charge is 0.290 e. The zero-order valence-corrected chi connectivity index (χ0v) is 7.21. The predicted molar refractivity (Wildman–Crippen MR) is 47.9 cm³/mol. The number of aromatic nitrogens is 1. The molecule has 0 bridgehead atoms. The lowest BCUT2D eigenvalue weighted by molar-refractivity contribution is 0.0952. The summed E-state index contributed by atoms with van der Waals surface area (Å²) >= 11 is 0. The number of fused-ring (bicyclic) bond motifs is 1. The zero-order chi connectivity index (χ0) is 9.26. The highest BCUT2D eigenvalue weighted by Crippen LogP contribution is 2.22. The second-order valence-electron chi connectivity index (χ2n) is 3.11. The number of carbonyl (C=O) groups excluding carboxylic acids is 1. The van der Waals surface area contributed by atoms with Gasteiger partial charge in [0.15, 0.2) is 0 Å². The highest BCUT2D eigenvalue weighted by atomic mass is 16.2. The van der Waals surface area contributed by atoms with Crippen molar-refractivity contribution in [1.82, 2.24) is 10.4 Å². The number of hydrazine groups is 1. The number of nitrogens with zero attached hydrogens (tertiary/aromatic N) is 1. The lowest BCUT2D eigenvalue weighted by atomic mass is 10.1. The summed E-state index contributed by atoms with van der Waals surface area (Å²) in [7, 11) is 0. The quantitative estimate of drug-likeness (QED) is 0.365. The van der Waals surface area contributed by atoms with E-state index in [4.69, 9.17) is 5.84 Å². The fourth-order valence-corrected chi connectivity index (χ4v) is 1.75. The van der Waals surface area contributed by atoms with Gasteiger partial charge in [0.05, 0.1) is 0 Å². The molecule has 0 fully saturated rings. The van der Waals surface area contributed by atoms with Crippen LogP contribution in [-0.2, 0) is 12.8 Å². The summed E-state index contributed by atoms with van der Waals surface area (Å²) in [4.78, 5) is 15.5. The first-order valence-corrected chi connectivity index (χ1v) is 4.30. The summed E-state index contributed by atoms with van der Waals surface area (Å²) in [6, 6.07) is 1.71. The number of nitrogens with two attached hydrogens (primary N) is 1. The van der Waals surface area contributed by atoms with Crippen LogP contribution in [0.3, 0.4) is 0 Å². The first kappa shape index (κ1) is 8.19. The van der Waals surface area contributed by atoms with Crippen LogP contribution in [0.1, 0.15) is 28.0 Å². The van der Waals surface area contributed by atoms with Crippen LogP contribution in [0, 0.1) is 0 Å². The molecule has 0 unspecified atom stereocenters. The molecule has 0 atom stereocenters. The third-order valence-corrected chi connectivity index (χ3v) is 2.36. The van der Waals surface area contributed by atoms with E-state index >= 15 is 0 Å². The van der Waals surface area contributed by atoms with E-state index in [-0.39, 0.29) is 5.91 Å². The maximum Gasteiger partial charge on any atom is 0.265 e. The van der Waals surface area contributed by atoms with Crippen LogP contribution >= 0.6 is 0 Å².